The molecule has 0 radical (unpaired) electrons. The van der Waals surface area contributed by atoms with E-state index in [-0.39, 0.29) is 18.7 Å². The monoisotopic (exact) mass is 413 g/mol. The zero-order chi connectivity index (χ0) is 21.4. The van der Waals surface area contributed by atoms with Gasteiger partial charge in [0.15, 0.2) is 0 Å². The normalized spacial score (nSPS) is 12.2. The summed E-state index contributed by atoms with van der Waals surface area (Å²) in [7, 11) is 0. The fraction of sp³-hybridized carbons (Fsp3) is 0.960. The van der Waals surface area contributed by atoms with Crippen molar-refractivity contribution in [3.05, 3.63) is 0 Å². The Morgan fingerprint density at radius 3 is 1.86 bits per heavy atom. The molecule has 0 aliphatic heterocycles. The van der Waals surface area contributed by atoms with Gasteiger partial charge in [0, 0.05) is 13.0 Å². The van der Waals surface area contributed by atoms with Crippen molar-refractivity contribution in [2.24, 2.45) is 0 Å². The average molecular weight is 414 g/mol. The molecule has 0 bridgehead atoms. The number of carbonyl (C=O) groups excluding carboxylic acids is 1. The topological polar surface area (TPSA) is 58.6 Å². The number of hydrogen-bond acceptors (Lipinski definition) is 4. The van der Waals surface area contributed by atoms with Crippen molar-refractivity contribution < 1.29 is 14.6 Å². The van der Waals surface area contributed by atoms with Gasteiger partial charge in [0.05, 0.1) is 6.61 Å². The highest BCUT2D eigenvalue weighted by atomic mass is 16.5. The molecule has 1 unspecified atom stereocenters. The summed E-state index contributed by atoms with van der Waals surface area (Å²) in [5.74, 6) is 0.0149. The lowest BCUT2D eigenvalue weighted by atomic mass is 10.0. The van der Waals surface area contributed by atoms with Gasteiger partial charge in [-0.25, -0.2) is 0 Å². The summed E-state index contributed by atoms with van der Waals surface area (Å²) in [5, 5.41) is 11.9. The minimum absolute atomic E-state index is 0.0149. The van der Waals surface area contributed by atoms with Gasteiger partial charge in [0.2, 0.25) is 0 Å². The molecule has 0 aliphatic carbocycles. The van der Waals surface area contributed by atoms with Crippen LogP contribution < -0.4 is 5.32 Å². The molecule has 0 amide bonds. The standard InChI is InChI=1S/C25H51NO3/c1-3-5-7-9-11-15-19-24(18-14-8-6-4-2)29-25(28)20-16-12-10-13-17-21-26-22-23-27/h24,26-27H,3-23H2,1-2H3. The van der Waals surface area contributed by atoms with E-state index in [4.69, 9.17) is 9.84 Å². The van der Waals surface area contributed by atoms with Gasteiger partial charge in [-0.1, -0.05) is 84.5 Å². The van der Waals surface area contributed by atoms with Gasteiger partial charge in [-0.15, -0.1) is 0 Å². The molecule has 0 fully saturated rings. The van der Waals surface area contributed by atoms with Crippen molar-refractivity contribution in [3.8, 4) is 0 Å². The Bertz CT molecular complexity index is 336. The number of unbranched alkanes of at least 4 members (excludes halogenated alkanes) is 12. The van der Waals surface area contributed by atoms with Crippen LogP contribution in [0.25, 0.3) is 0 Å². The van der Waals surface area contributed by atoms with E-state index in [1.165, 1.54) is 77.0 Å². The first-order chi connectivity index (χ1) is 14.2. The Morgan fingerprint density at radius 1 is 0.724 bits per heavy atom. The van der Waals surface area contributed by atoms with Crippen LogP contribution in [0.3, 0.4) is 0 Å². The Balaban J connectivity index is 3.86. The number of aliphatic hydroxyl groups excluding tert-OH is 1. The molecule has 4 nitrogen and oxygen atoms in total. The van der Waals surface area contributed by atoms with Crippen molar-refractivity contribution in [2.45, 2.75) is 136 Å². The zero-order valence-corrected chi connectivity index (χ0v) is 19.7. The maximum Gasteiger partial charge on any atom is 0.306 e. The summed E-state index contributed by atoms with van der Waals surface area (Å²) in [6.07, 6.45) is 21.1. The van der Waals surface area contributed by atoms with Gasteiger partial charge in [-0.3, -0.25) is 4.79 Å². The third-order valence-corrected chi connectivity index (χ3v) is 5.58. The first-order valence-electron chi connectivity index (χ1n) is 12.8. The summed E-state index contributed by atoms with van der Waals surface area (Å²) >= 11 is 0. The average Bonchev–Trinajstić information content (AvgIpc) is 2.72. The molecule has 0 saturated heterocycles. The van der Waals surface area contributed by atoms with E-state index in [1.807, 2.05) is 0 Å². The Kier molecular flexibility index (Phi) is 23.2. The number of rotatable bonds is 23. The number of hydrogen-bond donors (Lipinski definition) is 2. The predicted molar refractivity (Wildman–Crippen MR) is 124 cm³/mol. The number of carbonyl (C=O) groups is 1. The fourth-order valence-electron chi connectivity index (χ4n) is 3.71. The first kappa shape index (κ1) is 28.4. The molecular weight excluding hydrogens is 362 g/mol. The molecule has 0 heterocycles. The molecule has 1 atom stereocenters. The number of ether oxygens (including phenoxy) is 1. The van der Waals surface area contributed by atoms with Crippen LogP contribution in [-0.4, -0.2) is 36.9 Å². The smallest absolute Gasteiger partial charge is 0.306 e. The predicted octanol–water partition coefficient (Wildman–Crippen LogP) is 6.54. The maximum atomic E-state index is 12.3. The summed E-state index contributed by atoms with van der Waals surface area (Å²) in [6, 6.07) is 0. The largest absolute Gasteiger partial charge is 0.462 e. The van der Waals surface area contributed by atoms with Crippen LogP contribution in [0.2, 0.25) is 0 Å². The molecular formula is C25H51NO3. The molecule has 0 aromatic carbocycles. The molecule has 4 heteroatoms. The van der Waals surface area contributed by atoms with Crippen LogP contribution in [0.5, 0.6) is 0 Å². The van der Waals surface area contributed by atoms with E-state index >= 15 is 0 Å². The minimum atomic E-state index is 0.0149. The SMILES string of the molecule is CCCCCCCCC(CCCCCC)OC(=O)CCCCCCCNCCO. The summed E-state index contributed by atoms with van der Waals surface area (Å²) in [5.41, 5.74) is 0. The van der Waals surface area contributed by atoms with Gasteiger partial charge in [0.1, 0.15) is 6.10 Å². The zero-order valence-electron chi connectivity index (χ0n) is 19.7. The van der Waals surface area contributed by atoms with E-state index in [9.17, 15) is 4.79 Å². The lowest BCUT2D eigenvalue weighted by Crippen LogP contribution is -2.19. The Hall–Kier alpha value is -0.610. The van der Waals surface area contributed by atoms with E-state index in [0.717, 1.165) is 38.6 Å². The Morgan fingerprint density at radius 2 is 1.24 bits per heavy atom. The first-order valence-corrected chi connectivity index (χ1v) is 12.8. The molecule has 0 aromatic heterocycles. The van der Waals surface area contributed by atoms with Crippen molar-refractivity contribution in [1.29, 1.82) is 0 Å². The van der Waals surface area contributed by atoms with Crippen LogP contribution in [-0.2, 0) is 9.53 Å². The van der Waals surface area contributed by atoms with E-state index in [0.29, 0.717) is 13.0 Å². The summed E-state index contributed by atoms with van der Waals surface area (Å²) < 4.78 is 5.86. The molecule has 0 aromatic rings. The van der Waals surface area contributed by atoms with Gasteiger partial charge < -0.3 is 15.2 Å². The van der Waals surface area contributed by atoms with Crippen LogP contribution in [0.4, 0.5) is 0 Å². The van der Waals surface area contributed by atoms with Gasteiger partial charge >= 0.3 is 5.97 Å². The van der Waals surface area contributed by atoms with Gasteiger partial charge in [-0.05, 0) is 45.1 Å². The lowest BCUT2D eigenvalue weighted by Gasteiger charge is -2.18. The second kappa shape index (κ2) is 23.7. The minimum Gasteiger partial charge on any atom is -0.462 e. The number of nitrogens with one attached hydrogen (secondary N) is 1. The highest BCUT2D eigenvalue weighted by molar-refractivity contribution is 5.69. The van der Waals surface area contributed by atoms with Crippen molar-refractivity contribution in [2.75, 3.05) is 19.7 Å². The molecule has 29 heavy (non-hydrogen) atoms. The Labute approximate surface area is 181 Å². The fourth-order valence-corrected chi connectivity index (χ4v) is 3.71. The van der Waals surface area contributed by atoms with Crippen LogP contribution >= 0.6 is 0 Å². The van der Waals surface area contributed by atoms with Gasteiger partial charge in [0.25, 0.3) is 0 Å². The molecule has 0 rings (SSSR count). The molecule has 0 saturated carbocycles. The third-order valence-electron chi connectivity index (χ3n) is 5.58. The van der Waals surface area contributed by atoms with Crippen molar-refractivity contribution in [3.63, 3.8) is 0 Å². The molecule has 0 aliphatic rings. The molecule has 2 N–H and O–H groups in total. The second-order valence-corrected chi connectivity index (χ2v) is 8.51. The maximum absolute atomic E-state index is 12.3. The molecule has 174 valence electrons. The molecule has 0 spiro atoms. The lowest BCUT2D eigenvalue weighted by molar-refractivity contribution is -0.150. The highest BCUT2D eigenvalue weighted by Crippen LogP contribution is 2.17. The number of esters is 1. The van der Waals surface area contributed by atoms with Gasteiger partial charge in [-0.2, -0.15) is 0 Å². The highest BCUT2D eigenvalue weighted by Gasteiger charge is 2.14. The van der Waals surface area contributed by atoms with Crippen LogP contribution in [0, 0.1) is 0 Å². The third kappa shape index (κ3) is 21.9. The van der Waals surface area contributed by atoms with E-state index in [2.05, 4.69) is 19.2 Å². The van der Waals surface area contributed by atoms with Crippen LogP contribution in [0.1, 0.15) is 129 Å². The summed E-state index contributed by atoms with van der Waals surface area (Å²) in [4.78, 5) is 12.3. The quantitative estimate of drug-likeness (QED) is 0.147. The summed E-state index contributed by atoms with van der Waals surface area (Å²) in [6.45, 7) is 6.35. The van der Waals surface area contributed by atoms with Crippen molar-refractivity contribution in [1.82, 2.24) is 5.32 Å². The van der Waals surface area contributed by atoms with Crippen LogP contribution in [0.15, 0.2) is 0 Å². The van der Waals surface area contributed by atoms with Crippen molar-refractivity contribution >= 4 is 5.97 Å². The number of aliphatic hydroxyl groups is 1. The van der Waals surface area contributed by atoms with E-state index < -0.39 is 0 Å². The second-order valence-electron chi connectivity index (χ2n) is 8.51. The van der Waals surface area contributed by atoms with E-state index in [1.54, 1.807) is 0 Å².